The Morgan fingerprint density at radius 2 is 1.79 bits per heavy atom. The van der Waals surface area contributed by atoms with E-state index >= 15 is 0 Å². The van der Waals surface area contributed by atoms with Gasteiger partial charge in [-0.25, -0.2) is 0 Å². The summed E-state index contributed by atoms with van der Waals surface area (Å²) in [4.78, 5) is 12.7. The number of fused-ring (bicyclic) bond motifs is 2. The number of nitrogens with zero attached hydrogens (tertiary/aromatic N) is 3. The van der Waals surface area contributed by atoms with Crippen molar-refractivity contribution in [1.82, 2.24) is 24.4 Å². The van der Waals surface area contributed by atoms with E-state index in [0.717, 1.165) is 50.8 Å². The van der Waals surface area contributed by atoms with Crippen molar-refractivity contribution < 1.29 is 22.8 Å². The number of hydrogen-bond acceptors (Lipinski definition) is 7. The van der Waals surface area contributed by atoms with E-state index < -0.39 is 10.2 Å². The van der Waals surface area contributed by atoms with Crippen molar-refractivity contribution >= 4 is 16.1 Å². The van der Waals surface area contributed by atoms with E-state index in [1.165, 1.54) is 0 Å². The first-order valence-corrected chi connectivity index (χ1v) is 13.8. The quantitative estimate of drug-likeness (QED) is 0.448. The molecule has 1 aromatic rings. The zero-order chi connectivity index (χ0) is 23.0. The minimum Gasteiger partial charge on any atom is -0.396 e. The second-order valence-electron chi connectivity index (χ2n) is 9.96. The van der Waals surface area contributed by atoms with E-state index in [4.69, 9.17) is 9.63 Å². The van der Waals surface area contributed by atoms with E-state index in [1.807, 2.05) is 0 Å². The number of aliphatic hydroxyl groups is 1. The maximum absolute atomic E-state index is 13.5. The van der Waals surface area contributed by atoms with Crippen LogP contribution in [0.3, 0.4) is 0 Å². The van der Waals surface area contributed by atoms with Gasteiger partial charge in [-0.3, -0.25) is 4.79 Å². The highest BCUT2D eigenvalue weighted by molar-refractivity contribution is 7.86. The topological polar surface area (TPSA) is 128 Å². The summed E-state index contributed by atoms with van der Waals surface area (Å²) in [5.41, 5.74) is 0.315. The zero-order valence-corrected chi connectivity index (χ0v) is 19.8. The second-order valence-corrected chi connectivity index (χ2v) is 11.8. The smallest absolute Gasteiger partial charge is 0.282 e. The number of aromatic nitrogens is 1. The molecule has 10 nitrogen and oxygen atoms in total. The number of carbonyl (C=O) groups is 1. The Morgan fingerprint density at radius 1 is 1.09 bits per heavy atom. The number of amides is 1. The summed E-state index contributed by atoms with van der Waals surface area (Å²) < 4.78 is 35.6. The van der Waals surface area contributed by atoms with Gasteiger partial charge in [0.2, 0.25) is 0 Å². The summed E-state index contributed by atoms with van der Waals surface area (Å²) in [6.07, 6.45) is 7.40. The molecule has 2 bridgehead atoms. The van der Waals surface area contributed by atoms with Crippen LogP contribution < -0.4 is 10.6 Å². The molecule has 33 heavy (non-hydrogen) atoms. The van der Waals surface area contributed by atoms with E-state index in [2.05, 4.69) is 15.8 Å². The monoisotopic (exact) mass is 481 g/mol. The van der Waals surface area contributed by atoms with Crippen LogP contribution in [0.1, 0.15) is 80.0 Å². The lowest BCUT2D eigenvalue weighted by molar-refractivity contribution is 0.0897. The minimum atomic E-state index is -3.51. The molecule has 184 valence electrons. The largest absolute Gasteiger partial charge is 0.396 e. The Labute approximate surface area is 195 Å². The molecule has 4 heterocycles. The zero-order valence-electron chi connectivity index (χ0n) is 19.0. The lowest BCUT2D eigenvalue weighted by Gasteiger charge is -2.42. The van der Waals surface area contributed by atoms with Gasteiger partial charge in [0, 0.05) is 55.8 Å². The number of hydrogen-bond donors (Lipinski definition) is 3. The average Bonchev–Trinajstić information content (AvgIpc) is 3.46. The van der Waals surface area contributed by atoms with Crippen LogP contribution in [-0.4, -0.2) is 83.6 Å². The van der Waals surface area contributed by atoms with Gasteiger partial charge in [-0.15, -0.1) is 0 Å². The predicted octanol–water partition coefficient (Wildman–Crippen LogP) is 0.958. The van der Waals surface area contributed by atoms with Crippen LogP contribution in [0.5, 0.6) is 0 Å². The lowest BCUT2D eigenvalue weighted by Crippen LogP contribution is -2.57. The first kappa shape index (κ1) is 23.2. The highest BCUT2D eigenvalue weighted by atomic mass is 32.2. The van der Waals surface area contributed by atoms with Crippen molar-refractivity contribution in [1.29, 1.82) is 0 Å². The highest BCUT2D eigenvalue weighted by Gasteiger charge is 2.49. The fourth-order valence-electron chi connectivity index (χ4n) is 5.65. The molecule has 1 saturated carbocycles. The van der Waals surface area contributed by atoms with Crippen molar-refractivity contribution in [3.05, 3.63) is 17.5 Å². The Balaban J connectivity index is 1.16. The molecule has 3 saturated heterocycles. The number of rotatable bonds is 9. The second kappa shape index (κ2) is 9.61. The minimum absolute atomic E-state index is 0.0519. The van der Waals surface area contributed by atoms with Crippen LogP contribution >= 0.6 is 0 Å². The lowest BCUT2D eigenvalue weighted by atomic mass is 9.99. The van der Waals surface area contributed by atoms with Crippen LogP contribution in [0.25, 0.3) is 0 Å². The van der Waals surface area contributed by atoms with Crippen molar-refractivity contribution in [2.75, 3.05) is 26.2 Å². The van der Waals surface area contributed by atoms with Crippen LogP contribution in [0, 0.1) is 0 Å². The van der Waals surface area contributed by atoms with Crippen molar-refractivity contribution in [3.63, 3.8) is 0 Å². The third-order valence-corrected chi connectivity index (χ3v) is 9.70. The van der Waals surface area contributed by atoms with Gasteiger partial charge in [-0.1, -0.05) is 5.16 Å². The van der Waals surface area contributed by atoms with Crippen LogP contribution in [0.2, 0.25) is 0 Å². The molecule has 0 spiro atoms. The number of nitrogens with one attached hydrogen (secondary N) is 2. The van der Waals surface area contributed by atoms with Crippen LogP contribution in [-0.2, 0) is 10.2 Å². The maximum atomic E-state index is 13.5. The van der Waals surface area contributed by atoms with E-state index in [-0.39, 0.29) is 30.6 Å². The Bertz CT molecular complexity index is 927. The summed E-state index contributed by atoms with van der Waals surface area (Å²) in [5, 5.41) is 19.3. The molecule has 3 aliphatic heterocycles. The molecule has 0 radical (unpaired) electrons. The van der Waals surface area contributed by atoms with E-state index in [1.54, 1.807) is 14.7 Å². The standard InChI is InChI=1S/C22H35N5O5S/c28-11-1-8-23-16-6-9-26(10-7-16)33(30,31)27-18-4-5-19(27)13-17(12-18)24-22(29)20-14-21(32-25-20)15-2-3-15/h14-19,23,28H,1-13H2,(H,24,29)/t17?,18-,19+. The predicted molar refractivity (Wildman–Crippen MR) is 121 cm³/mol. The van der Waals surface area contributed by atoms with Crippen molar-refractivity contribution in [2.45, 2.75) is 87.9 Å². The SMILES string of the molecule is O=C(NC1C[C@H]2CC[C@@H](C1)N2S(=O)(=O)N1CCC(NCCCO)CC1)c1cc(C2CC2)on1. The molecule has 3 atom stereocenters. The molecule has 4 fully saturated rings. The molecule has 1 unspecified atom stereocenters. The third kappa shape index (κ3) is 4.97. The van der Waals surface area contributed by atoms with Gasteiger partial charge in [0.15, 0.2) is 5.69 Å². The molecule has 5 rings (SSSR count). The fourth-order valence-corrected chi connectivity index (χ4v) is 7.73. The molecule has 4 aliphatic rings. The Hall–Kier alpha value is -1.53. The van der Waals surface area contributed by atoms with Gasteiger partial charge >= 0.3 is 0 Å². The molecular weight excluding hydrogens is 446 g/mol. The van der Waals surface area contributed by atoms with Crippen molar-refractivity contribution in [2.24, 2.45) is 0 Å². The van der Waals surface area contributed by atoms with E-state index in [0.29, 0.717) is 50.0 Å². The summed E-state index contributed by atoms with van der Waals surface area (Å²) in [5.74, 6) is 0.959. The van der Waals surface area contributed by atoms with Crippen molar-refractivity contribution in [3.8, 4) is 0 Å². The van der Waals surface area contributed by atoms with E-state index in [9.17, 15) is 13.2 Å². The van der Waals surface area contributed by atoms with Crippen LogP contribution in [0.15, 0.2) is 10.6 Å². The van der Waals surface area contributed by atoms with Gasteiger partial charge in [0.1, 0.15) is 5.76 Å². The van der Waals surface area contributed by atoms with Gasteiger partial charge in [0.05, 0.1) is 0 Å². The highest BCUT2D eigenvalue weighted by Crippen LogP contribution is 2.41. The number of aliphatic hydroxyl groups excluding tert-OH is 1. The summed E-state index contributed by atoms with van der Waals surface area (Å²) in [7, 11) is -3.51. The normalized spacial score (nSPS) is 29.4. The third-order valence-electron chi connectivity index (χ3n) is 7.56. The number of carbonyl (C=O) groups excluding carboxylic acids is 1. The molecular formula is C22H35N5O5S. The summed E-state index contributed by atoms with van der Waals surface area (Å²) in [6, 6.07) is 1.85. The summed E-state index contributed by atoms with van der Waals surface area (Å²) in [6.45, 7) is 1.96. The average molecular weight is 482 g/mol. The molecule has 1 amide bonds. The van der Waals surface area contributed by atoms with Gasteiger partial charge < -0.3 is 20.3 Å². The fraction of sp³-hybridized carbons (Fsp3) is 0.818. The molecule has 1 aliphatic carbocycles. The Kier molecular flexibility index (Phi) is 6.76. The first-order chi connectivity index (χ1) is 16.0. The van der Waals surface area contributed by atoms with Crippen LogP contribution in [0.4, 0.5) is 0 Å². The Morgan fingerprint density at radius 3 is 2.42 bits per heavy atom. The maximum Gasteiger partial charge on any atom is 0.282 e. The molecule has 1 aromatic heterocycles. The number of piperidine rings is 2. The molecule has 0 aromatic carbocycles. The van der Waals surface area contributed by atoms with Gasteiger partial charge in [-0.05, 0) is 64.3 Å². The van der Waals surface area contributed by atoms with Gasteiger partial charge in [-0.2, -0.15) is 17.0 Å². The summed E-state index contributed by atoms with van der Waals surface area (Å²) >= 11 is 0. The van der Waals surface area contributed by atoms with Gasteiger partial charge in [0.25, 0.3) is 16.1 Å². The first-order valence-electron chi connectivity index (χ1n) is 12.4. The molecule has 11 heteroatoms. The molecule has 3 N–H and O–H groups in total.